The zero-order chi connectivity index (χ0) is 15.5. The van der Waals surface area contributed by atoms with Gasteiger partial charge in [0.2, 0.25) is 0 Å². The molecule has 0 fully saturated rings. The summed E-state index contributed by atoms with van der Waals surface area (Å²) in [6.45, 7) is 6.03. The zero-order valence-electron chi connectivity index (χ0n) is 13.2. The standard InChI is InChI=1S/C14H29N3O3/c1-5-7-9-12(13(18)19)15-14(20)17(6-2)11-8-10-16(3)4/h12H,5-11H2,1-4H3,(H,15,20)(H,18,19)/t12-/m0/s1. The third-order valence-corrected chi connectivity index (χ3v) is 3.14. The molecule has 0 saturated heterocycles. The smallest absolute Gasteiger partial charge is 0.326 e. The van der Waals surface area contributed by atoms with Gasteiger partial charge in [-0.1, -0.05) is 19.8 Å². The predicted molar refractivity (Wildman–Crippen MR) is 79.9 cm³/mol. The van der Waals surface area contributed by atoms with E-state index in [4.69, 9.17) is 5.11 Å². The highest BCUT2D eigenvalue weighted by atomic mass is 16.4. The Balaban J connectivity index is 4.31. The number of nitrogens with one attached hydrogen (secondary N) is 1. The molecule has 0 saturated carbocycles. The number of unbranched alkanes of at least 4 members (excludes halogenated alkanes) is 1. The molecule has 0 heterocycles. The predicted octanol–water partition coefficient (Wildman–Crippen LogP) is 1.61. The van der Waals surface area contributed by atoms with Gasteiger partial charge in [-0.15, -0.1) is 0 Å². The quantitative estimate of drug-likeness (QED) is 0.640. The van der Waals surface area contributed by atoms with Crippen molar-refractivity contribution in [2.75, 3.05) is 33.7 Å². The molecule has 0 aromatic heterocycles. The second kappa shape index (κ2) is 10.5. The van der Waals surface area contributed by atoms with Crippen LogP contribution in [-0.4, -0.2) is 66.7 Å². The molecule has 0 aromatic rings. The number of carboxylic acid groups (broad SMARTS) is 1. The van der Waals surface area contributed by atoms with E-state index in [-0.39, 0.29) is 6.03 Å². The van der Waals surface area contributed by atoms with Gasteiger partial charge in [-0.25, -0.2) is 9.59 Å². The van der Waals surface area contributed by atoms with Crippen LogP contribution in [0.3, 0.4) is 0 Å². The average molecular weight is 287 g/mol. The van der Waals surface area contributed by atoms with E-state index in [1.165, 1.54) is 0 Å². The van der Waals surface area contributed by atoms with Crippen LogP contribution in [0.2, 0.25) is 0 Å². The van der Waals surface area contributed by atoms with Crippen molar-refractivity contribution in [2.45, 2.75) is 45.6 Å². The summed E-state index contributed by atoms with van der Waals surface area (Å²) >= 11 is 0. The first-order valence-corrected chi connectivity index (χ1v) is 7.35. The summed E-state index contributed by atoms with van der Waals surface area (Å²) in [4.78, 5) is 26.9. The molecule has 6 heteroatoms. The second-order valence-corrected chi connectivity index (χ2v) is 5.22. The van der Waals surface area contributed by atoms with E-state index in [1.807, 2.05) is 27.9 Å². The lowest BCUT2D eigenvalue weighted by Gasteiger charge is -2.24. The minimum absolute atomic E-state index is 0.283. The molecule has 0 aliphatic rings. The van der Waals surface area contributed by atoms with Gasteiger partial charge < -0.3 is 20.2 Å². The summed E-state index contributed by atoms with van der Waals surface area (Å²) < 4.78 is 0. The molecule has 0 rings (SSSR count). The molecule has 6 nitrogen and oxygen atoms in total. The molecular weight excluding hydrogens is 258 g/mol. The number of aliphatic carboxylic acids is 1. The Bertz CT molecular complexity index is 295. The molecule has 0 unspecified atom stereocenters. The molecule has 20 heavy (non-hydrogen) atoms. The summed E-state index contributed by atoms with van der Waals surface area (Å²) in [5, 5.41) is 11.7. The first-order valence-electron chi connectivity index (χ1n) is 7.35. The number of hydrogen-bond acceptors (Lipinski definition) is 3. The molecule has 0 radical (unpaired) electrons. The van der Waals surface area contributed by atoms with E-state index in [1.54, 1.807) is 4.90 Å². The Morgan fingerprint density at radius 2 is 1.80 bits per heavy atom. The molecular formula is C14H29N3O3. The minimum Gasteiger partial charge on any atom is -0.480 e. The van der Waals surface area contributed by atoms with Crippen molar-refractivity contribution in [2.24, 2.45) is 0 Å². The number of amides is 2. The largest absolute Gasteiger partial charge is 0.480 e. The summed E-state index contributed by atoms with van der Waals surface area (Å²) in [5.74, 6) is -0.962. The lowest BCUT2D eigenvalue weighted by molar-refractivity contribution is -0.139. The fourth-order valence-corrected chi connectivity index (χ4v) is 1.89. The SMILES string of the molecule is CCCC[C@H](NC(=O)N(CC)CCCN(C)C)C(=O)O. The third-order valence-electron chi connectivity index (χ3n) is 3.14. The van der Waals surface area contributed by atoms with Gasteiger partial charge in [0, 0.05) is 13.1 Å². The monoisotopic (exact) mass is 287 g/mol. The Morgan fingerprint density at radius 3 is 2.25 bits per heavy atom. The topological polar surface area (TPSA) is 72.9 Å². The zero-order valence-corrected chi connectivity index (χ0v) is 13.2. The van der Waals surface area contributed by atoms with Gasteiger partial charge in [0.15, 0.2) is 0 Å². The summed E-state index contributed by atoms with van der Waals surface area (Å²) in [6, 6.07) is -1.07. The molecule has 0 aromatic carbocycles. The van der Waals surface area contributed by atoms with E-state index in [2.05, 4.69) is 10.2 Å². The Hall–Kier alpha value is -1.30. The fraction of sp³-hybridized carbons (Fsp3) is 0.857. The van der Waals surface area contributed by atoms with E-state index in [0.29, 0.717) is 19.5 Å². The van der Waals surface area contributed by atoms with Crippen LogP contribution in [0, 0.1) is 0 Å². The maximum Gasteiger partial charge on any atom is 0.326 e. The lowest BCUT2D eigenvalue weighted by Crippen LogP contribution is -2.48. The summed E-state index contributed by atoms with van der Waals surface area (Å²) in [5.41, 5.74) is 0. The number of urea groups is 1. The molecule has 2 amide bonds. The number of hydrogen-bond donors (Lipinski definition) is 2. The van der Waals surface area contributed by atoms with Crippen LogP contribution >= 0.6 is 0 Å². The highest BCUT2D eigenvalue weighted by molar-refractivity contribution is 5.82. The second-order valence-electron chi connectivity index (χ2n) is 5.22. The molecule has 1 atom stereocenters. The fourth-order valence-electron chi connectivity index (χ4n) is 1.89. The number of carbonyl (C=O) groups excluding carboxylic acids is 1. The number of rotatable bonds is 10. The maximum absolute atomic E-state index is 12.1. The van der Waals surface area contributed by atoms with Crippen molar-refractivity contribution in [1.82, 2.24) is 15.1 Å². The molecule has 0 spiro atoms. The van der Waals surface area contributed by atoms with Crippen LogP contribution in [-0.2, 0) is 4.79 Å². The lowest BCUT2D eigenvalue weighted by atomic mass is 10.1. The maximum atomic E-state index is 12.1. The summed E-state index contributed by atoms with van der Waals surface area (Å²) in [6.07, 6.45) is 3.07. The van der Waals surface area contributed by atoms with Crippen molar-refractivity contribution < 1.29 is 14.7 Å². The highest BCUT2D eigenvalue weighted by Crippen LogP contribution is 2.03. The molecule has 118 valence electrons. The van der Waals surface area contributed by atoms with Crippen LogP contribution in [0.5, 0.6) is 0 Å². The van der Waals surface area contributed by atoms with Gasteiger partial charge in [-0.2, -0.15) is 0 Å². The summed E-state index contributed by atoms with van der Waals surface area (Å²) in [7, 11) is 3.98. The normalized spacial score (nSPS) is 12.2. The number of nitrogens with zero attached hydrogens (tertiary/aromatic N) is 2. The van der Waals surface area contributed by atoms with E-state index >= 15 is 0 Å². The molecule has 0 aliphatic carbocycles. The third kappa shape index (κ3) is 7.99. The number of carbonyl (C=O) groups is 2. The van der Waals surface area contributed by atoms with E-state index in [0.717, 1.165) is 25.8 Å². The van der Waals surface area contributed by atoms with E-state index in [9.17, 15) is 9.59 Å². The van der Waals surface area contributed by atoms with Crippen molar-refractivity contribution in [3.05, 3.63) is 0 Å². The molecule has 2 N–H and O–H groups in total. The van der Waals surface area contributed by atoms with Crippen LogP contribution in [0.25, 0.3) is 0 Å². The molecule has 0 aliphatic heterocycles. The van der Waals surface area contributed by atoms with Crippen LogP contribution in [0.4, 0.5) is 4.79 Å². The van der Waals surface area contributed by atoms with Crippen LogP contribution in [0.15, 0.2) is 0 Å². The van der Waals surface area contributed by atoms with Gasteiger partial charge >= 0.3 is 12.0 Å². The number of carboxylic acids is 1. The van der Waals surface area contributed by atoms with Crippen molar-refractivity contribution in [3.8, 4) is 0 Å². The van der Waals surface area contributed by atoms with Crippen molar-refractivity contribution >= 4 is 12.0 Å². The first-order chi connectivity index (χ1) is 9.42. The van der Waals surface area contributed by atoms with Crippen molar-refractivity contribution in [1.29, 1.82) is 0 Å². The minimum atomic E-state index is -0.962. The van der Waals surface area contributed by atoms with Gasteiger partial charge in [0.1, 0.15) is 6.04 Å². The average Bonchev–Trinajstić information content (AvgIpc) is 2.38. The van der Waals surface area contributed by atoms with Gasteiger partial charge in [-0.05, 0) is 40.4 Å². The van der Waals surface area contributed by atoms with Crippen LogP contribution in [0.1, 0.15) is 39.5 Å². The highest BCUT2D eigenvalue weighted by Gasteiger charge is 2.21. The van der Waals surface area contributed by atoms with Gasteiger partial charge in [-0.3, -0.25) is 0 Å². The van der Waals surface area contributed by atoms with Crippen LogP contribution < -0.4 is 5.32 Å². The Kier molecular flexibility index (Phi) is 9.80. The van der Waals surface area contributed by atoms with Crippen molar-refractivity contribution in [3.63, 3.8) is 0 Å². The van der Waals surface area contributed by atoms with Gasteiger partial charge in [0.05, 0.1) is 0 Å². The first kappa shape index (κ1) is 18.7. The van der Waals surface area contributed by atoms with E-state index < -0.39 is 12.0 Å². The molecule has 0 bridgehead atoms. The Morgan fingerprint density at radius 1 is 1.15 bits per heavy atom. The Labute approximate surface area is 122 Å². The van der Waals surface area contributed by atoms with Gasteiger partial charge in [0.25, 0.3) is 0 Å².